The van der Waals surface area contributed by atoms with Crippen LogP contribution in [0.3, 0.4) is 0 Å². The molecule has 32 heavy (non-hydrogen) atoms. The second-order valence-corrected chi connectivity index (χ2v) is 9.01. The van der Waals surface area contributed by atoms with Gasteiger partial charge in [0.05, 0.1) is 22.3 Å². The molecule has 4 rings (SSSR count). The van der Waals surface area contributed by atoms with Gasteiger partial charge in [-0.25, -0.2) is 0 Å². The van der Waals surface area contributed by atoms with Crippen LogP contribution in [0.15, 0.2) is 47.6 Å². The molecule has 0 aliphatic carbocycles. The smallest absolute Gasteiger partial charge is 0.270 e. The van der Waals surface area contributed by atoms with Crippen LogP contribution in [0.5, 0.6) is 5.75 Å². The normalized spacial score (nSPS) is 19.2. The molecule has 2 aliphatic heterocycles. The Balaban J connectivity index is 1.72. The van der Waals surface area contributed by atoms with Crippen molar-refractivity contribution >= 4 is 63.5 Å². The van der Waals surface area contributed by atoms with Gasteiger partial charge in [-0.3, -0.25) is 14.4 Å². The number of anilines is 1. The Morgan fingerprint density at radius 3 is 2.53 bits per heavy atom. The van der Waals surface area contributed by atoms with Crippen LogP contribution in [0.1, 0.15) is 19.4 Å². The fourth-order valence-electron chi connectivity index (χ4n) is 3.62. The standard InChI is InChI=1S/C21H18Cl2N4O4S/c1-12(28)24-20-25-27(13(2)29)21(32-20)15-8-9-16(22)17(23)18(15)26(19(21)30)10-11-31-14-6-4-3-5-7-14/h3-9H,10-11H2,1-2H3,(H,24,25,28). The Hall–Kier alpha value is -2.75. The van der Waals surface area contributed by atoms with Crippen molar-refractivity contribution in [3.63, 3.8) is 0 Å². The van der Waals surface area contributed by atoms with Crippen molar-refractivity contribution in [3.8, 4) is 5.75 Å². The summed E-state index contributed by atoms with van der Waals surface area (Å²) in [5.74, 6) is -0.615. The lowest BCUT2D eigenvalue weighted by atomic mass is 10.1. The molecule has 11 heteroatoms. The fraction of sp³-hybridized carbons (Fsp3) is 0.238. The molecule has 2 aliphatic rings. The minimum Gasteiger partial charge on any atom is -0.492 e. The average molecular weight is 493 g/mol. The zero-order chi connectivity index (χ0) is 23.0. The molecule has 0 radical (unpaired) electrons. The lowest BCUT2D eigenvalue weighted by Gasteiger charge is -2.29. The zero-order valence-corrected chi connectivity index (χ0v) is 19.4. The molecular formula is C21H18Cl2N4O4S. The van der Waals surface area contributed by atoms with E-state index in [2.05, 4.69) is 10.4 Å². The van der Waals surface area contributed by atoms with Crippen LogP contribution in [0.25, 0.3) is 0 Å². The zero-order valence-electron chi connectivity index (χ0n) is 17.1. The summed E-state index contributed by atoms with van der Waals surface area (Å²) in [6, 6.07) is 12.4. The Kier molecular flexibility index (Phi) is 6.07. The van der Waals surface area contributed by atoms with E-state index < -0.39 is 16.7 Å². The van der Waals surface area contributed by atoms with E-state index in [0.29, 0.717) is 17.0 Å². The van der Waals surface area contributed by atoms with E-state index in [0.717, 1.165) is 16.8 Å². The molecular weight excluding hydrogens is 475 g/mol. The lowest BCUT2D eigenvalue weighted by molar-refractivity contribution is -0.139. The van der Waals surface area contributed by atoms with E-state index in [4.69, 9.17) is 27.9 Å². The third-order valence-electron chi connectivity index (χ3n) is 4.88. The van der Waals surface area contributed by atoms with Gasteiger partial charge in [-0.2, -0.15) is 5.01 Å². The summed E-state index contributed by atoms with van der Waals surface area (Å²) in [5.41, 5.74) is 0.847. The van der Waals surface area contributed by atoms with Crippen LogP contribution in [-0.4, -0.2) is 41.0 Å². The number of fused-ring (bicyclic) bond motifs is 2. The number of amides is 3. The summed E-state index contributed by atoms with van der Waals surface area (Å²) in [4.78, 5) is 37.8. The molecule has 0 fully saturated rings. The van der Waals surface area contributed by atoms with Crippen molar-refractivity contribution in [2.75, 3.05) is 18.1 Å². The van der Waals surface area contributed by atoms with Crippen molar-refractivity contribution in [3.05, 3.63) is 58.1 Å². The number of carbonyl (C=O) groups is 3. The number of ether oxygens (including phenoxy) is 1. The highest BCUT2D eigenvalue weighted by Crippen LogP contribution is 2.57. The Morgan fingerprint density at radius 2 is 1.88 bits per heavy atom. The van der Waals surface area contributed by atoms with Crippen molar-refractivity contribution in [2.24, 2.45) is 5.10 Å². The van der Waals surface area contributed by atoms with Gasteiger partial charge in [0.2, 0.25) is 16.7 Å². The molecule has 0 bridgehead atoms. The van der Waals surface area contributed by atoms with Gasteiger partial charge in [0.1, 0.15) is 12.4 Å². The van der Waals surface area contributed by atoms with Gasteiger partial charge in [-0.15, -0.1) is 5.10 Å². The molecule has 1 unspecified atom stereocenters. The predicted molar refractivity (Wildman–Crippen MR) is 124 cm³/mol. The number of hydrazone groups is 1. The Bertz CT molecular complexity index is 1140. The molecule has 166 valence electrons. The summed E-state index contributed by atoms with van der Waals surface area (Å²) in [6.07, 6.45) is 0. The van der Waals surface area contributed by atoms with Gasteiger partial charge in [0.15, 0.2) is 5.17 Å². The molecule has 2 heterocycles. The van der Waals surface area contributed by atoms with Crippen LogP contribution >= 0.6 is 35.0 Å². The Morgan fingerprint density at radius 1 is 1.16 bits per heavy atom. The number of hydrogen-bond acceptors (Lipinski definition) is 6. The molecule has 3 amide bonds. The number of halogens is 2. The summed E-state index contributed by atoms with van der Waals surface area (Å²) in [6.45, 7) is 2.96. The van der Waals surface area contributed by atoms with E-state index in [9.17, 15) is 14.4 Å². The molecule has 1 atom stereocenters. The van der Waals surface area contributed by atoms with Crippen molar-refractivity contribution < 1.29 is 19.1 Å². The number of nitrogens with one attached hydrogen (secondary N) is 1. The molecule has 0 saturated heterocycles. The maximum atomic E-state index is 13.8. The van der Waals surface area contributed by atoms with E-state index in [1.807, 2.05) is 30.3 Å². The lowest BCUT2D eigenvalue weighted by Crippen LogP contribution is -2.49. The van der Waals surface area contributed by atoms with Crippen LogP contribution in [-0.2, 0) is 19.3 Å². The summed E-state index contributed by atoms with van der Waals surface area (Å²) < 4.78 is 5.76. The van der Waals surface area contributed by atoms with Gasteiger partial charge in [0.25, 0.3) is 5.91 Å². The third-order valence-corrected chi connectivity index (χ3v) is 6.91. The second kappa shape index (κ2) is 8.65. The van der Waals surface area contributed by atoms with Gasteiger partial charge >= 0.3 is 0 Å². The first-order valence-electron chi connectivity index (χ1n) is 9.60. The van der Waals surface area contributed by atoms with Gasteiger partial charge in [-0.05, 0) is 30.0 Å². The molecule has 0 aromatic heterocycles. The first-order chi connectivity index (χ1) is 15.3. The predicted octanol–water partition coefficient (Wildman–Crippen LogP) is 3.57. The summed E-state index contributed by atoms with van der Waals surface area (Å²) in [5, 5.41) is 8.43. The number of benzene rings is 2. The van der Waals surface area contributed by atoms with E-state index in [1.165, 1.54) is 18.7 Å². The van der Waals surface area contributed by atoms with Gasteiger partial charge in [-0.1, -0.05) is 47.5 Å². The first-order valence-corrected chi connectivity index (χ1v) is 11.2. The highest BCUT2D eigenvalue weighted by Gasteiger charge is 2.61. The van der Waals surface area contributed by atoms with E-state index in [-0.39, 0.29) is 34.3 Å². The van der Waals surface area contributed by atoms with Gasteiger partial charge in [0, 0.05) is 19.4 Å². The molecule has 2 aromatic carbocycles. The van der Waals surface area contributed by atoms with Crippen LogP contribution < -0.4 is 15.0 Å². The number of carbonyl (C=O) groups excluding carboxylic acids is 3. The van der Waals surface area contributed by atoms with Crippen molar-refractivity contribution in [1.82, 2.24) is 10.3 Å². The number of nitrogens with zero attached hydrogens (tertiary/aromatic N) is 3. The van der Waals surface area contributed by atoms with Gasteiger partial charge < -0.3 is 15.0 Å². The van der Waals surface area contributed by atoms with E-state index >= 15 is 0 Å². The summed E-state index contributed by atoms with van der Waals surface area (Å²) >= 11 is 13.7. The monoisotopic (exact) mass is 492 g/mol. The molecule has 2 aromatic rings. The van der Waals surface area contributed by atoms with Crippen LogP contribution in [0.2, 0.25) is 10.0 Å². The number of amidine groups is 1. The minimum atomic E-state index is -1.54. The molecule has 8 nitrogen and oxygen atoms in total. The largest absolute Gasteiger partial charge is 0.492 e. The second-order valence-electron chi connectivity index (χ2n) is 7.04. The van der Waals surface area contributed by atoms with E-state index in [1.54, 1.807) is 12.1 Å². The number of para-hydroxylation sites is 1. The highest BCUT2D eigenvalue weighted by molar-refractivity contribution is 8.15. The first kappa shape index (κ1) is 22.4. The molecule has 1 N–H and O–H groups in total. The topological polar surface area (TPSA) is 91.3 Å². The van der Waals surface area contributed by atoms with Crippen molar-refractivity contribution in [1.29, 1.82) is 0 Å². The fourth-order valence-corrected chi connectivity index (χ4v) is 5.37. The average Bonchev–Trinajstić information content (AvgIpc) is 3.23. The third kappa shape index (κ3) is 3.70. The quantitative estimate of drug-likeness (QED) is 0.704. The molecule has 0 saturated carbocycles. The number of thioether (sulfide) groups is 1. The van der Waals surface area contributed by atoms with Crippen molar-refractivity contribution in [2.45, 2.75) is 18.7 Å². The highest BCUT2D eigenvalue weighted by atomic mass is 35.5. The Labute approximate surface area is 198 Å². The maximum Gasteiger partial charge on any atom is 0.270 e. The SMILES string of the molecule is CC(=O)NC1=NN(C(C)=O)C2(S1)C(=O)N(CCOc1ccccc1)c1c2ccc(Cl)c1Cl. The number of rotatable bonds is 4. The van der Waals surface area contributed by atoms with Crippen LogP contribution in [0.4, 0.5) is 5.69 Å². The maximum absolute atomic E-state index is 13.8. The number of hydrogen-bond donors (Lipinski definition) is 1. The minimum absolute atomic E-state index is 0.139. The molecule has 1 spiro atoms. The summed E-state index contributed by atoms with van der Waals surface area (Å²) in [7, 11) is 0. The van der Waals surface area contributed by atoms with Crippen LogP contribution in [0, 0.1) is 0 Å².